The quantitative estimate of drug-likeness (QED) is 0.732. The lowest BCUT2D eigenvalue weighted by Gasteiger charge is -2.29. The van der Waals surface area contributed by atoms with Crippen LogP contribution < -0.4 is 5.32 Å². The van der Waals surface area contributed by atoms with Gasteiger partial charge in [0.2, 0.25) is 5.91 Å². The van der Waals surface area contributed by atoms with Crippen molar-refractivity contribution in [1.82, 2.24) is 20.0 Å². The number of nitrogens with zero attached hydrogens (tertiary/aromatic N) is 3. The summed E-state index contributed by atoms with van der Waals surface area (Å²) in [5, 5.41) is 7.05. The largest absolute Gasteiger partial charge is 0.435 e. The van der Waals surface area contributed by atoms with E-state index in [0.29, 0.717) is 17.7 Å². The molecule has 2 aromatic rings. The Bertz CT molecular complexity index is 891. The summed E-state index contributed by atoms with van der Waals surface area (Å²) in [4.78, 5) is 14.3. The normalized spacial score (nSPS) is 18.8. The van der Waals surface area contributed by atoms with Gasteiger partial charge in [-0.05, 0) is 49.5 Å². The van der Waals surface area contributed by atoms with Crippen molar-refractivity contribution < 1.29 is 22.4 Å². The fraction of sp³-hybridized carbons (Fsp3) is 0.500. The molecule has 5 nitrogen and oxygen atoms in total. The summed E-state index contributed by atoms with van der Waals surface area (Å²) in [6.07, 6.45) is -3.09. The second kappa shape index (κ2) is 8.93. The second-order valence-electron chi connectivity index (χ2n) is 7.68. The van der Waals surface area contributed by atoms with Crippen molar-refractivity contribution in [2.45, 2.75) is 38.5 Å². The number of fused-ring (bicyclic) bond motifs is 1. The number of rotatable bonds is 4. The predicted molar refractivity (Wildman–Crippen MR) is 105 cm³/mol. The maximum atomic E-state index is 13.5. The van der Waals surface area contributed by atoms with E-state index in [9.17, 15) is 22.4 Å². The van der Waals surface area contributed by atoms with Gasteiger partial charge in [-0.3, -0.25) is 9.48 Å². The monoisotopic (exact) mass is 446 g/mol. The van der Waals surface area contributed by atoms with Crippen molar-refractivity contribution in [3.05, 3.63) is 52.6 Å². The zero-order valence-electron chi connectivity index (χ0n) is 16.2. The Morgan fingerprint density at radius 3 is 2.60 bits per heavy atom. The van der Waals surface area contributed by atoms with Crippen LogP contribution in [0.15, 0.2) is 24.3 Å². The predicted octanol–water partition coefficient (Wildman–Crippen LogP) is 3.40. The van der Waals surface area contributed by atoms with Gasteiger partial charge in [-0.25, -0.2) is 4.39 Å². The average Bonchev–Trinajstić information content (AvgIpc) is 3.31. The summed E-state index contributed by atoms with van der Waals surface area (Å²) in [7, 11) is 0. The van der Waals surface area contributed by atoms with Crippen LogP contribution in [0.2, 0.25) is 0 Å². The van der Waals surface area contributed by atoms with Crippen molar-refractivity contribution in [3.8, 4) is 0 Å². The van der Waals surface area contributed by atoms with Crippen LogP contribution in [-0.4, -0.2) is 40.2 Å². The maximum Gasteiger partial charge on any atom is 0.435 e. The van der Waals surface area contributed by atoms with Crippen LogP contribution in [0.4, 0.5) is 17.6 Å². The van der Waals surface area contributed by atoms with Crippen molar-refractivity contribution in [3.63, 3.8) is 0 Å². The van der Waals surface area contributed by atoms with Crippen LogP contribution in [0.1, 0.15) is 35.4 Å². The van der Waals surface area contributed by atoms with Crippen LogP contribution in [0.3, 0.4) is 0 Å². The first-order valence-electron chi connectivity index (χ1n) is 9.70. The van der Waals surface area contributed by atoms with E-state index in [2.05, 4.69) is 10.4 Å². The molecule has 4 rings (SSSR count). The number of hydrogen-bond donors (Lipinski definition) is 1. The smallest absolute Gasteiger partial charge is 0.336 e. The van der Waals surface area contributed by atoms with E-state index in [4.69, 9.17) is 0 Å². The number of amides is 1. The highest BCUT2D eigenvalue weighted by Gasteiger charge is 2.41. The van der Waals surface area contributed by atoms with Gasteiger partial charge in [-0.15, -0.1) is 12.4 Å². The van der Waals surface area contributed by atoms with Crippen LogP contribution in [0, 0.1) is 11.7 Å². The Morgan fingerprint density at radius 1 is 1.23 bits per heavy atom. The Labute approximate surface area is 177 Å². The number of carbonyl (C=O) groups is 1. The number of halogens is 5. The zero-order chi connectivity index (χ0) is 20.6. The van der Waals surface area contributed by atoms with E-state index >= 15 is 0 Å². The fourth-order valence-corrected chi connectivity index (χ4v) is 4.08. The highest BCUT2D eigenvalue weighted by Crippen LogP contribution is 2.35. The molecule has 0 aliphatic carbocycles. The van der Waals surface area contributed by atoms with Gasteiger partial charge >= 0.3 is 6.18 Å². The van der Waals surface area contributed by atoms with Gasteiger partial charge in [-0.1, -0.05) is 12.1 Å². The average molecular weight is 447 g/mol. The van der Waals surface area contributed by atoms with Crippen LogP contribution in [0.25, 0.3) is 0 Å². The molecule has 1 N–H and O–H groups in total. The molecule has 1 amide bonds. The number of alkyl halides is 3. The first-order chi connectivity index (χ1) is 13.8. The fourth-order valence-electron chi connectivity index (χ4n) is 4.08. The third kappa shape index (κ3) is 4.78. The molecule has 2 aliphatic heterocycles. The third-order valence-corrected chi connectivity index (χ3v) is 5.63. The molecule has 3 heterocycles. The molecule has 1 unspecified atom stereocenters. The first-order valence-corrected chi connectivity index (χ1v) is 9.70. The van der Waals surface area contributed by atoms with Crippen LogP contribution >= 0.6 is 12.4 Å². The van der Waals surface area contributed by atoms with Gasteiger partial charge in [0.15, 0.2) is 5.69 Å². The number of nitrogens with one attached hydrogen (secondary N) is 1. The van der Waals surface area contributed by atoms with E-state index in [-0.39, 0.29) is 55.9 Å². The Balaban J connectivity index is 0.00000256. The lowest BCUT2D eigenvalue weighted by atomic mass is 10.0. The van der Waals surface area contributed by atoms with Gasteiger partial charge in [0, 0.05) is 18.5 Å². The molecule has 30 heavy (non-hydrogen) atoms. The van der Waals surface area contributed by atoms with Crippen molar-refractivity contribution in [2.24, 2.45) is 5.92 Å². The van der Waals surface area contributed by atoms with Crippen LogP contribution in [0.5, 0.6) is 0 Å². The Kier molecular flexibility index (Phi) is 6.71. The van der Waals surface area contributed by atoms with E-state index in [1.54, 1.807) is 4.90 Å². The molecule has 0 bridgehead atoms. The molecule has 1 atom stereocenters. The van der Waals surface area contributed by atoms with Gasteiger partial charge in [0.1, 0.15) is 5.82 Å². The number of benzene rings is 1. The standard InChI is InChI=1S/C20H22F4N4O.ClH/c21-15-3-1-13(2-4-15)11-28-17-12-27(18(29)9-14-5-7-25-10-14)8-6-16(17)19(26-28)20(22,23)24;/h1-4,14,25H,5-12H2;1H. The Morgan fingerprint density at radius 2 is 1.97 bits per heavy atom. The first kappa shape index (κ1) is 22.6. The van der Waals surface area contributed by atoms with E-state index in [1.165, 1.54) is 28.9 Å². The summed E-state index contributed by atoms with van der Waals surface area (Å²) < 4.78 is 54.9. The third-order valence-electron chi connectivity index (χ3n) is 5.63. The van der Waals surface area contributed by atoms with E-state index < -0.39 is 17.7 Å². The molecular formula is C20H23ClF4N4O. The van der Waals surface area contributed by atoms with Gasteiger partial charge in [0.25, 0.3) is 0 Å². The van der Waals surface area contributed by atoms with Crippen molar-refractivity contribution >= 4 is 18.3 Å². The molecule has 0 radical (unpaired) electrons. The molecule has 1 saturated heterocycles. The summed E-state index contributed by atoms with van der Waals surface area (Å²) in [6.45, 7) is 2.15. The summed E-state index contributed by atoms with van der Waals surface area (Å²) in [5.74, 6) is -0.170. The molecule has 10 heteroatoms. The summed E-state index contributed by atoms with van der Waals surface area (Å²) in [6, 6.07) is 5.58. The minimum Gasteiger partial charge on any atom is -0.336 e. The molecule has 164 valence electrons. The zero-order valence-corrected chi connectivity index (χ0v) is 17.0. The molecule has 1 aromatic heterocycles. The van der Waals surface area contributed by atoms with Crippen LogP contribution in [-0.2, 0) is 30.5 Å². The minimum atomic E-state index is -4.56. The lowest BCUT2D eigenvalue weighted by molar-refractivity contribution is -0.142. The highest BCUT2D eigenvalue weighted by molar-refractivity contribution is 5.85. The topological polar surface area (TPSA) is 50.2 Å². The Hall–Kier alpha value is -2.13. The van der Waals surface area contributed by atoms with E-state index in [0.717, 1.165) is 19.5 Å². The van der Waals surface area contributed by atoms with Gasteiger partial charge in [0.05, 0.1) is 18.8 Å². The number of aromatic nitrogens is 2. The highest BCUT2D eigenvalue weighted by atomic mass is 35.5. The molecule has 1 fully saturated rings. The number of hydrogen-bond acceptors (Lipinski definition) is 3. The summed E-state index contributed by atoms with van der Waals surface area (Å²) in [5.41, 5.74) is 0.324. The summed E-state index contributed by atoms with van der Waals surface area (Å²) >= 11 is 0. The van der Waals surface area contributed by atoms with E-state index in [1.807, 2.05) is 0 Å². The minimum absolute atomic E-state index is 0. The second-order valence-corrected chi connectivity index (χ2v) is 7.68. The van der Waals surface area contributed by atoms with Crippen molar-refractivity contribution in [1.29, 1.82) is 0 Å². The molecule has 2 aliphatic rings. The molecule has 1 aromatic carbocycles. The molecule has 0 spiro atoms. The lowest BCUT2D eigenvalue weighted by Crippen LogP contribution is -2.38. The number of carbonyl (C=O) groups excluding carboxylic acids is 1. The SMILES string of the molecule is Cl.O=C(CC1CCNC1)N1CCc2c(C(F)(F)F)nn(Cc3ccc(F)cc3)c2C1. The van der Waals surface area contributed by atoms with Crippen molar-refractivity contribution in [2.75, 3.05) is 19.6 Å². The van der Waals surface area contributed by atoms with Gasteiger partial charge in [-0.2, -0.15) is 18.3 Å². The molecular weight excluding hydrogens is 424 g/mol. The molecule has 0 saturated carbocycles. The van der Waals surface area contributed by atoms with Gasteiger partial charge < -0.3 is 10.2 Å². The maximum absolute atomic E-state index is 13.5.